The lowest BCUT2D eigenvalue weighted by molar-refractivity contribution is 0.176. The van der Waals surface area contributed by atoms with E-state index in [1.165, 1.54) is 32.1 Å². The van der Waals surface area contributed by atoms with Gasteiger partial charge in [0, 0.05) is 0 Å². The number of alkyl carbamates (subject to hydrolysis) is 1. The summed E-state index contributed by atoms with van der Waals surface area (Å²) in [5, 5.41) is 2.82. The predicted octanol–water partition coefficient (Wildman–Crippen LogP) is 2.07. The summed E-state index contributed by atoms with van der Waals surface area (Å²) in [4.78, 5) is 10.7. The second-order valence-corrected chi connectivity index (χ2v) is 4.17. The van der Waals surface area contributed by atoms with Gasteiger partial charge in [0.1, 0.15) is 6.61 Å². The fraction of sp³-hybridized carbons (Fsp3) is 0.900. The normalized spacial score (nSPS) is 28.9. The summed E-state index contributed by atoms with van der Waals surface area (Å²) in [5.41, 5.74) is 0. The molecule has 2 rings (SSSR count). The molecule has 3 heteroatoms. The van der Waals surface area contributed by atoms with Crippen molar-refractivity contribution in [2.24, 2.45) is 5.92 Å². The van der Waals surface area contributed by atoms with Crippen LogP contribution in [-0.4, -0.2) is 18.7 Å². The molecule has 2 aliphatic rings. The maximum Gasteiger partial charge on any atom is 0.407 e. The van der Waals surface area contributed by atoms with Gasteiger partial charge in [-0.3, -0.25) is 0 Å². The Hall–Kier alpha value is -0.730. The van der Waals surface area contributed by atoms with Crippen LogP contribution in [0.4, 0.5) is 4.79 Å². The van der Waals surface area contributed by atoms with Gasteiger partial charge in [0.05, 0.1) is 6.04 Å². The molecule has 1 aliphatic heterocycles. The highest BCUT2D eigenvalue weighted by molar-refractivity contribution is 5.69. The van der Waals surface area contributed by atoms with E-state index in [0.717, 1.165) is 12.3 Å². The maximum atomic E-state index is 10.7. The molecule has 2 fully saturated rings. The van der Waals surface area contributed by atoms with Crippen molar-refractivity contribution in [2.45, 2.75) is 44.6 Å². The van der Waals surface area contributed by atoms with E-state index in [1.807, 2.05) is 0 Å². The Labute approximate surface area is 78.8 Å². The Kier molecular flexibility index (Phi) is 2.71. The van der Waals surface area contributed by atoms with E-state index in [2.05, 4.69) is 5.32 Å². The van der Waals surface area contributed by atoms with Gasteiger partial charge in [0.25, 0.3) is 0 Å². The Morgan fingerprint density at radius 3 is 2.69 bits per heavy atom. The van der Waals surface area contributed by atoms with Gasteiger partial charge in [0.15, 0.2) is 0 Å². The van der Waals surface area contributed by atoms with E-state index in [-0.39, 0.29) is 12.1 Å². The number of rotatable bonds is 3. The van der Waals surface area contributed by atoms with Crippen molar-refractivity contribution in [1.82, 2.24) is 5.32 Å². The van der Waals surface area contributed by atoms with Gasteiger partial charge in [0.2, 0.25) is 0 Å². The number of amides is 1. The number of ether oxygens (including phenoxy) is 1. The molecule has 1 unspecified atom stereocenters. The van der Waals surface area contributed by atoms with E-state index in [9.17, 15) is 4.79 Å². The first-order chi connectivity index (χ1) is 6.34. The fourth-order valence-corrected chi connectivity index (χ4v) is 2.32. The topological polar surface area (TPSA) is 38.3 Å². The molecular formula is C10H17NO2. The Morgan fingerprint density at radius 2 is 2.08 bits per heavy atom. The Bertz CT molecular complexity index is 187. The molecule has 1 atom stereocenters. The van der Waals surface area contributed by atoms with Gasteiger partial charge in [-0.05, 0) is 18.8 Å². The van der Waals surface area contributed by atoms with Crippen molar-refractivity contribution in [3.8, 4) is 0 Å². The molecule has 0 spiro atoms. The van der Waals surface area contributed by atoms with Gasteiger partial charge in [-0.15, -0.1) is 0 Å². The first kappa shape index (κ1) is 8.85. The molecule has 0 aromatic carbocycles. The van der Waals surface area contributed by atoms with Crippen LogP contribution in [0.5, 0.6) is 0 Å². The zero-order valence-corrected chi connectivity index (χ0v) is 7.92. The lowest BCUT2D eigenvalue weighted by Crippen LogP contribution is -2.26. The lowest BCUT2D eigenvalue weighted by atomic mass is 9.99. The lowest BCUT2D eigenvalue weighted by Gasteiger charge is -2.11. The van der Waals surface area contributed by atoms with Crippen molar-refractivity contribution in [3.05, 3.63) is 0 Å². The van der Waals surface area contributed by atoms with Crippen molar-refractivity contribution in [3.63, 3.8) is 0 Å². The SMILES string of the molecule is O=C1NC(CCC2CCCC2)CO1. The maximum absolute atomic E-state index is 10.7. The van der Waals surface area contributed by atoms with Crippen LogP contribution in [0.3, 0.4) is 0 Å². The number of cyclic esters (lactones) is 1. The van der Waals surface area contributed by atoms with E-state index in [1.54, 1.807) is 0 Å². The largest absolute Gasteiger partial charge is 0.447 e. The van der Waals surface area contributed by atoms with Crippen LogP contribution in [0.15, 0.2) is 0 Å². The minimum absolute atomic E-state index is 0.239. The molecule has 1 amide bonds. The fourth-order valence-electron chi connectivity index (χ4n) is 2.32. The number of carbonyl (C=O) groups excluding carboxylic acids is 1. The van der Waals surface area contributed by atoms with Crippen LogP contribution < -0.4 is 5.32 Å². The molecule has 1 aliphatic carbocycles. The Morgan fingerprint density at radius 1 is 1.31 bits per heavy atom. The minimum Gasteiger partial charge on any atom is -0.447 e. The van der Waals surface area contributed by atoms with Gasteiger partial charge >= 0.3 is 6.09 Å². The van der Waals surface area contributed by atoms with Crippen LogP contribution in [0.1, 0.15) is 38.5 Å². The highest BCUT2D eigenvalue weighted by Crippen LogP contribution is 2.29. The molecule has 74 valence electrons. The van der Waals surface area contributed by atoms with E-state index >= 15 is 0 Å². The molecule has 1 saturated carbocycles. The average Bonchev–Trinajstić information content (AvgIpc) is 2.71. The third-order valence-electron chi connectivity index (χ3n) is 3.14. The van der Waals surface area contributed by atoms with E-state index in [4.69, 9.17) is 4.74 Å². The molecule has 1 heterocycles. The second kappa shape index (κ2) is 3.99. The van der Waals surface area contributed by atoms with Crippen molar-refractivity contribution < 1.29 is 9.53 Å². The second-order valence-electron chi connectivity index (χ2n) is 4.17. The molecule has 0 aromatic rings. The number of carbonyl (C=O) groups is 1. The van der Waals surface area contributed by atoms with Gasteiger partial charge in [-0.1, -0.05) is 25.7 Å². The summed E-state index contributed by atoms with van der Waals surface area (Å²) < 4.78 is 4.83. The molecule has 3 nitrogen and oxygen atoms in total. The van der Waals surface area contributed by atoms with Gasteiger partial charge in [-0.25, -0.2) is 4.79 Å². The number of nitrogens with one attached hydrogen (secondary N) is 1. The summed E-state index contributed by atoms with van der Waals surface area (Å²) >= 11 is 0. The molecule has 1 N–H and O–H groups in total. The van der Waals surface area contributed by atoms with E-state index in [0.29, 0.717) is 6.61 Å². The standard InChI is InChI=1S/C10H17NO2/c12-10-11-9(7-13-10)6-5-8-3-1-2-4-8/h8-9H,1-7H2,(H,11,12). The average molecular weight is 183 g/mol. The number of hydrogen-bond acceptors (Lipinski definition) is 2. The summed E-state index contributed by atoms with van der Waals surface area (Å²) in [6, 6.07) is 0.285. The quantitative estimate of drug-likeness (QED) is 0.727. The third kappa shape index (κ3) is 2.36. The third-order valence-corrected chi connectivity index (χ3v) is 3.14. The highest BCUT2D eigenvalue weighted by Gasteiger charge is 2.23. The van der Waals surface area contributed by atoms with Crippen molar-refractivity contribution in [2.75, 3.05) is 6.61 Å². The smallest absolute Gasteiger partial charge is 0.407 e. The van der Waals surface area contributed by atoms with Crippen LogP contribution >= 0.6 is 0 Å². The summed E-state index contributed by atoms with van der Waals surface area (Å²) in [6.07, 6.45) is 7.70. The summed E-state index contributed by atoms with van der Waals surface area (Å²) in [6.45, 7) is 0.575. The molecule has 13 heavy (non-hydrogen) atoms. The van der Waals surface area contributed by atoms with Crippen molar-refractivity contribution in [1.29, 1.82) is 0 Å². The highest BCUT2D eigenvalue weighted by atomic mass is 16.6. The number of hydrogen-bond donors (Lipinski definition) is 1. The molecular weight excluding hydrogens is 166 g/mol. The predicted molar refractivity (Wildman–Crippen MR) is 49.5 cm³/mol. The molecule has 0 radical (unpaired) electrons. The zero-order valence-electron chi connectivity index (χ0n) is 7.92. The molecule has 1 saturated heterocycles. The minimum atomic E-state index is -0.239. The van der Waals surface area contributed by atoms with Crippen molar-refractivity contribution >= 4 is 6.09 Å². The summed E-state index contributed by atoms with van der Waals surface area (Å²) in [7, 11) is 0. The van der Waals surface area contributed by atoms with Crippen LogP contribution in [0.25, 0.3) is 0 Å². The van der Waals surface area contributed by atoms with Gasteiger partial charge < -0.3 is 10.1 Å². The monoisotopic (exact) mass is 183 g/mol. The molecule has 0 bridgehead atoms. The van der Waals surface area contributed by atoms with Crippen LogP contribution in [0, 0.1) is 5.92 Å². The first-order valence-electron chi connectivity index (χ1n) is 5.28. The zero-order chi connectivity index (χ0) is 9.10. The Balaban J connectivity index is 1.64. The van der Waals surface area contributed by atoms with E-state index < -0.39 is 0 Å². The first-order valence-corrected chi connectivity index (χ1v) is 5.28. The van der Waals surface area contributed by atoms with Crippen LogP contribution in [0.2, 0.25) is 0 Å². The molecule has 0 aromatic heterocycles. The van der Waals surface area contributed by atoms with Crippen LogP contribution in [-0.2, 0) is 4.74 Å². The van der Waals surface area contributed by atoms with Gasteiger partial charge in [-0.2, -0.15) is 0 Å². The summed E-state index contributed by atoms with van der Waals surface area (Å²) in [5.74, 6) is 0.914.